The summed E-state index contributed by atoms with van der Waals surface area (Å²) >= 11 is 1.70. The average Bonchev–Trinajstić information content (AvgIpc) is 3.23. The number of nitrogens with zero attached hydrogens (tertiary/aromatic N) is 2. The Labute approximate surface area is 199 Å². The van der Waals surface area contributed by atoms with Crippen molar-refractivity contribution in [3.05, 3.63) is 40.7 Å². The lowest BCUT2D eigenvalue weighted by Crippen LogP contribution is -2.54. The summed E-state index contributed by atoms with van der Waals surface area (Å²) in [6.45, 7) is 8.91. The van der Waals surface area contributed by atoms with E-state index in [1.54, 1.807) is 23.5 Å². The number of morpholine rings is 1. The van der Waals surface area contributed by atoms with Gasteiger partial charge in [0.1, 0.15) is 10.8 Å². The molecule has 6 atom stereocenters. The van der Waals surface area contributed by atoms with Gasteiger partial charge in [0.2, 0.25) is 5.91 Å². The molecule has 5 rings (SSSR count). The first-order valence-corrected chi connectivity index (χ1v) is 12.9. The van der Waals surface area contributed by atoms with E-state index in [1.807, 2.05) is 11.8 Å². The maximum absolute atomic E-state index is 13.4. The van der Waals surface area contributed by atoms with Crippen molar-refractivity contribution in [3.63, 3.8) is 0 Å². The van der Waals surface area contributed by atoms with Gasteiger partial charge in [-0.3, -0.25) is 4.79 Å². The molecule has 1 N–H and O–H groups in total. The van der Waals surface area contributed by atoms with Crippen LogP contribution in [-0.2, 0) is 16.0 Å². The largest absolute Gasteiger partial charge is 0.392 e. The van der Waals surface area contributed by atoms with Crippen LogP contribution in [0.3, 0.4) is 0 Å². The van der Waals surface area contributed by atoms with E-state index >= 15 is 0 Å². The second-order valence-electron chi connectivity index (χ2n) is 10.4. The smallest absolute Gasteiger partial charge is 0.225 e. The van der Waals surface area contributed by atoms with E-state index < -0.39 is 6.10 Å². The highest BCUT2D eigenvalue weighted by Gasteiger charge is 2.54. The van der Waals surface area contributed by atoms with E-state index in [2.05, 4.69) is 13.8 Å². The molecule has 2 aliphatic carbocycles. The third-order valence-electron chi connectivity index (χ3n) is 8.37. The van der Waals surface area contributed by atoms with Gasteiger partial charge < -0.3 is 14.7 Å². The highest BCUT2D eigenvalue weighted by Crippen LogP contribution is 2.57. The lowest BCUT2D eigenvalue weighted by atomic mass is 9.53. The molecular formula is C26H33FN2O3S. The number of aromatic nitrogens is 1. The highest BCUT2D eigenvalue weighted by molar-refractivity contribution is 7.15. The fraction of sp³-hybridized carbons (Fsp3) is 0.615. The van der Waals surface area contributed by atoms with E-state index in [0.29, 0.717) is 26.3 Å². The molecule has 3 aliphatic rings. The molecule has 1 aromatic carbocycles. The molecule has 5 nitrogen and oxygen atoms in total. The van der Waals surface area contributed by atoms with Gasteiger partial charge in [-0.1, -0.05) is 20.8 Å². The first-order valence-electron chi connectivity index (χ1n) is 12.1. The highest BCUT2D eigenvalue weighted by atomic mass is 32.1. The minimum atomic E-state index is -0.539. The van der Waals surface area contributed by atoms with Crippen molar-refractivity contribution in [2.75, 3.05) is 26.3 Å². The topological polar surface area (TPSA) is 62.7 Å². The number of thiazole rings is 1. The minimum Gasteiger partial charge on any atom is -0.392 e. The first-order chi connectivity index (χ1) is 15.8. The number of ether oxygens (including phenoxy) is 1. The molecule has 1 aliphatic heterocycles. The normalized spacial score (nSPS) is 32.7. The van der Waals surface area contributed by atoms with Gasteiger partial charge in [-0.25, -0.2) is 9.37 Å². The molecule has 1 amide bonds. The molecule has 2 aromatic rings. The van der Waals surface area contributed by atoms with E-state index in [4.69, 9.17) is 9.72 Å². The number of hydrogen-bond acceptors (Lipinski definition) is 5. The SMILES string of the molecule is C[C@H](C(=O)N1CCOCC1)[C@H]1CC[C@]2(C)Cc3sc(-c4ccc(F)cc4)nc3[C@H](C)[C@@H]2[C@H]1O. The van der Waals surface area contributed by atoms with E-state index in [-0.39, 0.29) is 40.8 Å². The van der Waals surface area contributed by atoms with Gasteiger partial charge in [-0.15, -0.1) is 11.3 Å². The number of aliphatic hydroxyl groups excluding tert-OH is 1. The molecule has 0 bridgehead atoms. The van der Waals surface area contributed by atoms with Crippen LogP contribution in [0.25, 0.3) is 10.6 Å². The first kappa shape index (κ1) is 22.9. The monoisotopic (exact) mass is 472 g/mol. The summed E-state index contributed by atoms with van der Waals surface area (Å²) in [5, 5.41) is 12.5. The maximum Gasteiger partial charge on any atom is 0.225 e. The molecule has 33 heavy (non-hydrogen) atoms. The quantitative estimate of drug-likeness (QED) is 0.715. The van der Waals surface area contributed by atoms with Crippen molar-refractivity contribution in [1.29, 1.82) is 0 Å². The summed E-state index contributed by atoms with van der Waals surface area (Å²) in [6, 6.07) is 6.51. The Morgan fingerprint density at radius 3 is 2.70 bits per heavy atom. The fourth-order valence-electron chi connectivity index (χ4n) is 6.52. The number of rotatable bonds is 3. The second kappa shape index (κ2) is 8.75. The predicted molar refractivity (Wildman–Crippen MR) is 127 cm³/mol. The summed E-state index contributed by atoms with van der Waals surface area (Å²) in [6.07, 6.45) is 2.21. The van der Waals surface area contributed by atoms with Crippen molar-refractivity contribution >= 4 is 17.2 Å². The van der Waals surface area contributed by atoms with Crippen molar-refractivity contribution in [3.8, 4) is 10.6 Å². The van der Waals surface area contributed by atoms with Crippen molar-refractivity contribution in [2.24, 2.45) is 23.2 Å². The Hall–Kier alpha value is -1.83. The van der Waals surface area contributed by atoms with Gasteiger partial charge in [0.25, 0.3) is 0 Å². The fourth-order valence-corrected chi connectivity index (χ4v) is 7.89. The van der Waals surface area contributed by atoms with Crippen LogP contribution in [0, 0.1) is 29.0 Å². The lowest BCUT2D eigenvalue weighted by molar-refractivity contribution is -0.148. The average molecular weight is 473 g/mol. The number of carbonyl (C=O) groups is 1. The number of benzene rings is 1. The van der Waals surface area contributed by atoms with Crippen LogP contribution in [0.4, 0.5) is 4.39 Å². The number of amides is 1. The molecule has 1 saturated carbocycles. The van der Waals surface area contributed by atoms with Crippen LogP contribution in [0.15, 0.2) is 24.3 Å². The number of carbonyl (C=O) groups excluding carboxylic acids is 1. The molecular weight excluding hydrogens is 439 g/mol. The predicted octanol–water partition coefficient (Wildman–Crippen LogP) is 4.50. The molecule has 1 aromatic heterocycles. The maximum atomic E-state index is 13.4. The Bertz CT molecular complexity index is 1020. The van der Waals surface area contributed by atoms with Gasteiger partial charge in [-0.2, -0.15) is 0 Å². The van der Waals surface area contributed by atoms with Gasteiger partial charge in [-0.05, 0) is 60.8 Å². The Balaban J connectivity index is 1.40. The minimum absolute atomic E-state index is 0.0172. The van der Waals surface area contributed by atoms with E-state index in [9.17, 15) is 14.3 Å². The summed E-state index contributed by atoms with van der Waals surface area (Å²) in [4.78, 5) is 21.3. The zero-order valence-electron chi connectivity index (χ0n) is 19.6. The second-order valence-corrected chi connectivity index (χ2v) is 11.5. The number of aliphatic hydroxyl groups is 1. The standard InChI is InChI=1S/C26H33FN2O3S/c1-15(25(31)29-10-12-32-13-11-29)19-8-9-26(3)14-20-22(16(2)21(26)23(19)30)28-24(33-20)17-4-6-18(27)7-5-17/h4-7,15-16,19,21,23,30H,8-14H2,1-3H3/t15-,16+,19+,21+,23-,26+/m0/s1. The molecule has 2 fully saturated rings. The Morgan fingerprint density at radius 1 is 1.30 bits per heavy atom. The van der Waals surface area contributed by atoms with Crippen molar-refractivity contribution in [1.82, 2.24) is 9.88 Å². The van der Waals surface area contributed by atoms with Gasteiger partial charge in [0, 0.05) is 35.4 Å². The molecule has 1 saturated heterocycles. The molecule has 0 unspecified atom stereocenters. The summed E-state index contributed by atoms with van der Waals surface area (Å²) < 4.78 is 18.8. The van der Waals surface area contributed by atoms with Crippen LogP contribution < -0.4 is 0 Å². The van der Waals surface area contributed by atoms with Crippen molar-refractivity contribution < 1.29 is 19.0 Å². The summed E-state index contributed by atoms with van der Waals surface area (Å²) in [5.41, 5.74) is 1.98. The summed E-state index contributed by atoms with van der Waals surface area (Å²) in [5.74, 6) is -0.192. The molecule has 2 heterocycles. The van der Waals surface area contributed by atoms with Crippen LogP contribution >= 0.6 is 11.3 Å². The Morgan fingerprint density at radius 2 is 2.00 bits per heavy atom. The number of fused-ring (bicyclic) bond motifs is 2. The van der Waals surface area contributed by atoms with Crippen LogP contribution in [0.5, 0.6) is 0 Å². The van der Waals surface area contributed by atoms with Gasteiger partial charge in [0.05, 0.1) is 25.0 Å². The Kier molecular flexibility index (Phi) is 6.08. The van der Waals surface area contributed by atoms with Crippen LogP contribution in [0.2, 0.25) is 0 Å². The number of halogens is 1. The zero-order chi connectivity index (χ0) is 23.3. The van der Waals surface area contributed by atoms with Crippen LogP contribution in [0.1, 0.15) is 50.1 Å². The van der Waals surface area contributed by atoms with Crippen molar-refractivity contribution in [2.45, 2.75) is 52.1 Å². The molecule has 0 spiro atoms. The van der Waals surface area contributed by atoms with Gasteiger partial charge in [0.15, 0.2) is 0 Å². The lowest BCUT2D eigenvalue weighted by Gasteiger charge is -2.53. The van der Waals surface area contributed by atoms with Crippen LogP contribution in [-0.4, -0.2) is 53.3 Å². The third-order valence-corrected chi connectivity index (χ3v) is 9.49. The van der Waals surface area contributed by atoms with E-state index in [1.165, 1.54) is 17.0 Å². The molecule has 7 heteroatoms. The molecule has 178 valence electrons. The van der Waals surface area contributed by atoms with E-state index in [0.717, 1.165) is 35.5 Å². The van der Waals surface area contributed by atoms with Gasteiger partial charge >= 0.3 is 0 Å². The summed E-state index contributed by atoms with van der Waals surface area (Å²) in [7, 11) is 0. The third kappa shape index (κ3) is 4.02. The number of hydrogen-bond donors (Lipinski definition) is 1. The molecule has 0 radical (unpaired) electrons. The zero-order valence-corrected chi connectivity index (χ0v) is 20.4.